The molecule has 2 aromatic carbocycles. The van der Waals surface area contributed by atoms with Gasteiger partial charge in [0.05, 0.1) is 5.56 Å². The van der Waals surface area contributed by atoms with Gasteiger partial charge >= 0.3 is 12.2 Å². The standard InChI is InChI=1S/C20H21F3N4O/c21-20(22,23)14-1-3-15(4-2-14)25-19(28)26-16-5-6-17-13(11-16)7-9-27-10-8-24-12-18(17)27/h1-6,11,18,24H,7-10,12H2,(H2,25,26,28). The second-order valence-electron chi connectivity index (χ2n) is 7.07. The van der Waals surface area contributed by atoms with Gasteiger partial charge in [-0.15, -0.1) is 0 Å². The van der Waals surface area contributed by atoms with E-state index in [0.717, 1.165) is 44.7 Å². The number of halogens is 3. The molecule has 28 heavy (non-hydrogen) atoms. The Kier molecular flexibility index (Phi) is 4.99. The van der Waals surface area contributed by atoms with Crippen molar-refractivity contribution in [3.05, 3.63) is 59.2 Å². The molecule has 4 rings (SSSR count). The summed E-state index contributed by atoms with van der Waals surface area (Å²) in [6.45, 7) is 3.98. The maximum atomic E-state index is 12.6. The summed E-state index contributed by atoms with van der Waals surface area (Å²) < 4.78 is 37.8. The Hall–Kier alpha value is -2.58. The highest BCUT2D eigenvalue weighted by Gasteiger charge is 2.30. The third-order valence-corrected chi connectivity index (χ3v) is 5.25. The lowest BCUT2D eigenvalue weighted by Gasteiger charge is -2.41. The number of urea groups is 1. The number of anilines is 2. The summed E-state index contributed by atoms with van der Waals surface area (Å²) in [5.74, 6) is 0. The molecule has 2 aliphatic rings. The smallest absolute Gasteiger partial charge is 0.314 e. The van der Waals surface area contributed by atoms with E-state index in [1.807, 2.05) is 18.2 Å². The van der Waals surface area contributed by atoms with E-state index < -0.39 is 17.8 Å². The third kappa shape index (κ3) is 3.98. The van der Waals surface area contributed by atoms with Crippen LogP contribution in [0.15, 0.2) is 42.5 Å². The molecule has 1 atom stereocenters. The van der Waals surface area contributed by atoms with Crippen LogP contribution in [0.1, 0.15) is 22.7 Å². The Labute approximate surface area is 160 Å². The van der Waals surface area contributed by atoms with Crippen LogP contribution in [0, 0.1) is 0 Å². The lowest BCUT2D eigenvalue weighted by molar-refractivity contribution is -0.137. The number of piperazine rings is 1. The normalized spacial score (nSPS) is 19.5. The molecule has 0 radical (unpaired) electrons. The van der Waals surface area contributed by atoms with Gasteiger partial charge in [-0.25, -0.2) is 4.79 Å². The summed E-state index contributed by atoms with van der Waals surface area (Å²) >= 11 is 0. The van der Waals surface area contributed by atoms with Crippen molar-refractivity contribution in [3.63, 3.8) is 0 Å². The highest BCUT2D eigenvalue weighted by atomic mass is 19.4. The maximum absolute atomic E-state index is 12.6. The van der Waals surface area contributed by atoms with Gasteiger partial charge in [0.15, 0.2) is 0 Å². The van der Waals surface area contributed by atoms with Gasteiger partial charge in [0.2, 0.25) is 0 Å². The van der Waals surface area contributed by atoms with Crippen LogP contribution < -0.4 is 16.0 Å². The van der Waals surface area contributed by atoms with Gasteiger partial charge in [-0.1, -0.05) is 6.07 Å². The molecule has 2 heterocycles. The summed E-state index contributed by atoms with van der Waals surface area (Å²) in [5.41, 5.74) is 2.72. The number of rotatable bonds is 2. The number of fused-ring (bicyclic) bond motifs is 3. The van der Waals surface area contributed by atoms with E-state index in [2.05, 4.69) is 20.9 Å². The highest BCUT2D eigenvalue weighted by Crippen LogP contribution is 2.32. The fourth-order valence-corrected chi connectivity index (χ4v) is 3.85. The zero-order valence-corrected chi connectivity index (χ0v) is 15.1. The number of nitrogens with zero attached hydrogens (tertiary/aromatic N) is 1. The summed E-state index contributed by atoms with van der Waals surface area (Å²) in [6, 6.07) is 10.1. The Morgan fingerprint density at radius 1 is 1.04 bits per heavy atom. The number of hydrogen-bond donors (Lipinski definition) is 3. The van der Waals surface area contributed by atoms with E-state index in [4.69, 9.17) is 0 Å². The topological polar surface area (TPSA) is 56.4 Å². The van der Waals surface area contributed by atoms with Crippen molar-refractivity contribution < 1.29 is 18.0 Å². The van der Waals surface area contributed by atoms with E-state index in [1.54, 1.807) is 0 Å². The molecule has 2 amide bonds. The Bertz CT molecular complexity index is 867. The van der Waals surface area contributed by atoms with Gasteiger partial charge in [0.25, 0.3) is 0 Å². The van der Waals surface area contributed by atoms with E-state index in [0.29, 0.717) is 17.4 Å². The first kappa shape index (κ1) is 18.8. The molecule has 0 bridgehead atoms. The molecule has 3 N–H and O–H groups in total. The molecule has 0 aromatic heterocycles. The molecule has 1 unspecified atom stereocenters. The molecule has 2 aliphatic heterocycles. The molecular formula is C20H21F3N4O. The van der Waals surface area contributed by atoms with Crippen LogP contribution in [0.4, 0.5) is 29.3 Å². The van der Waals surface area contributed by atoms with Crippen molar-refractivity contribution >= 4 is 17.4 Å². The second-order valence-corrected chi connectivity index (χ2v) is 7.07. The first-order chi connectivity index (χ1) is 13.4. The van der Waals surface area contributed by atoms with E-state index in [9.17, 15) is 18.0 Å². The Morgan fingerprint density at radius 2 is 1.75 bits per heavy atom. The largest absolute Gasteiger partial charge is 0.416 e. The molecule has 5 nitrogen and oxygen atoms in total. The van der Waals surface area contributed by atoms with Crippen molar-refractivity contribution in [1.29, 1.82) is 0 Å². The predicted molar refractivity (Wildman–Crippen MR) is 101 cm³/mol. The minimum absolute atomic E-state index is 0.299. The number of carbonyl (C=O) groups is 1. The SMILES string of the molecule is O=C(Nc1ccc(C(F)(F)F)cc1)Nc1ccc2c(c1)CCN1CCNCC21. The monoisotopic (exact) mass is 390 g/mol. The van der Waals surface area contributed by atoms with Gasteiger partial charge in [0, 0.05) is 43.6 Å². The van der Waals surface area contributed by atoms with Crippen LogP contribution in [-0.4, -0.2) is 37.1 Å². The number of alkyl halides is 3. The van der Waals surface area contributed by atoms with Crippen LogP contribution in [0.5, 0.6) is 0 Å². The summed E-state index contributed by atoms with van der Waals surface area (Å²) in [4.78, 5) is 14.7. The molecule has 148 valence electrons. The van der Waals surface area contributed by atoms with Gasteiger partial charge in [-0.05, 0) is 53.9 Å². The number of nitrogens with one attached hydrogen (secondary N) is 3. The molecular weight excluding hydrogens is 369 g/mol. The van der Waals surface area contributed by atoms with Crippen molar-refractivity contribution in [2.75, 3.05) is 36.8 Å². The van der Waals surface area contributed by atoms with Crippen LogP contribution in [0.2, 0.25) is 0 Å². The van der Waals surface area contributed by atoms with Crippen LogP contribution in [0.3, 0.4) is 0 Å². The van der Waals surface area contributed by atoms with Crippen molar-refractivity contribution in [1.82, 2.24) is 10.2 Å². The average molecular weight is 390 g/mol. The fourth-order valence-electron chi connectivity index (χ4n) is 3.85. The first-order valence-corrected chi connectivity index (χ1v) is 9.23. The summed E-state index contributed by atoms with van der Waals surface area (Å²) in [5, 5.41) is 8.74. The van der Waals surface area contributed by atoms with Crippen molar-refractivity contribution in [2.45, 2.75) is 18.6 Å². The number of amides is 2. The van der Waals surface area contributed by atoms with E-state index in [-0.39, 0.29) is 0 Å². The van der Waals surface area contributed by atoms with Crippen molar-refractivity contribution in [3.8, 4) is 0 Å². The quantitative estimate of drug-likeness (QED) is 0.730. The predicted octanol–water partition coefficient (Wildman–Crippen LogP) is 3.85. The molecule has 0 saturated carbocycles. The minimum Gasteiger partial charge on any atom is -0.314 e. The average Bonchev–Trinajstić information content (AvgIpc) is 2.67. The molecule has 1 saturated heterocycles. The van der Waals surface area contributed by atoms with Crippen LogP contribution in [-0.2, 0) is 12.6 Å². The third-order valence-electron chi connectivity index (χ3n) is 5.25. The van der Waals surface area contributed by atoms with E-state index >= 15 is 0 Å². The van der Waals surface area contributed by atoms with Crippen LogP contribution >= 0.6 is 0 Å². The lowest BCUT2D eigenvalue weighted by Crippen LogP contribution is -2.48. The molecule has 2 aromatic rings. The summed E-state index contributed by atoms with van der Waals surface area (Å²) in [6.07, 6.45) is -3.46. The van der Waals surface area contributed by atoms with Crippen molar-refractivity contribution in [2.24, 2.45) is 0 Å². The van der Waals surface area contributed by atoms with Crippen LogP contribution in [0.25, 0.3) is 0 Å². The van der Waals surface area contributed by atoms with E-state index in [1.165, 1.54) is 23.3 Å². The van der Waals surface area contributed by atoms with Gasteiger partial charge in [-0.2, -0.15) is 13.2 Å². The zero-order valence-electron chi connectivity index (χ0n) is 15.1. The molecule has 0 spiro atoms. The maximum Gasteiger partial charge on any atom is 0.416 e. The second kappa shape index (κ2) is 7.44. The molecule has 1 fully saturated rings. The lowest BCUT2D eigenvalue weighted by atomic mass is 9.91. The minimum atomic E-state index is -4.40. The number of carbonyl (C=O) groups excluding carboxylic acids is 1. The zero-order chi connectivity index (χ0) is 19.7. The van der Waals surface area contributed by atoms with Gasteiger partial charge in [-0.3, -0.25) is 4.90 Å². The number of benzene rings is 2. The molecule has 8 heteroatoms. The molecule has 0 aliphatic carbocycles. The first-order valence-electron chi connectivity index (χ1n) is 9.23. The Balaban J connectivity index is 1.41. The Morgan fingerprint density at radius 3 is 2.50 bits per heavy atom. The summed E-state index contributed by atoms with van der Waals surface area (Å²) in [7, 11) is 0. The van der Waals surface area contributed by atoms with Gasteiger partial charge < -0.3 is 16.0 Å². The fraction of sp³-hybridized carbons (Fsp3) is 0.350. The van der Waals surface area contributed by atoms with Gasteiger partial charge in [0.1, 0.15) is 0 Å². The highest BCUT2D eigenvalue weighted by molar-refractivity contribution is 5.99. The number of hydrogen-bond acceptors (Lipinski definition) is 3.